The second kappa shape index (κ2) is 4.81. The average Bonchev–Trinajstić information content (AvgIpc) is 2.18. The fourth-order valence-electron chi connectivity index (χ4n) is 1.29. The molecule has 0 aromatic heterocycles. The number of carboxylic acid groups (broad SMARTS) is 1. The van der Waals surface area contributed by atoms with Gasteiger partial charge in [0.05, 0.1) is 11.6 Å². The number of nitrogens with zero attached hydrogens (tertiary/aromatic N) is 1. The first-order valence-corrected chi connectivity index (χ1v) is 4.83. The van der Waals surface area contributed by atoms with Crippen molar-refractivity contribution in [3.8, 4) is 6.07 Å². The van der Waals surface area contributed by atoms with Gasteiger partial charge in [-0.2, -0.15) is 5.26 Å². The summed E-state index contributed by atoms with van der Waals surface area (Å²) in [5, 5.41) is 17.7. The number of aryl methyl sites for hydroxylation is 2. The first-order chi connectivity index (χ1) is 7.04. The van der Waals surface area contributed by atoms with Gasteiger partial charge in [-0.3, -0.25) is 4.79 Å². The summed E-state index contributed by atoms with van der Waals surface area (Å²) in [4.78, 5) is 10.4. The molecule has 1 aromatic carbocycles. The zero-order valence-corrected chi connectivity index (χ0v) is 9.01. The summed E-state index contributed by atoms with van der Waals surface area (Å²) in [6.45, 7) is 1.80. The van der Waals surface area contributed by atoms with E-state index in [2.05, 4.69) is 0 Å². The molecule has 0 amide bonds. The summed E-state index contributed by atoms with van der Waals surface area (Å²) in [5.74, 6) is -0.854. The molecular weight excluding hydrogens is 214 g/mol. The lowest BCUT2D eigenvalue weighted by molar-refractivity contribution is -0.136. The van der Waals surface area contributed by atoms with Crippen molar-refractivity contribution in [2.24, 2.45) is 0 Å². The molecule has 0 spiro atoms. The molecule has 0 unspecified atom stereocenters. The van der Waals surface area contributed by atoms with Crippen LogP contribution in [0.4, 0.5) is 0 Å². The fourth-order valence-corrected chi connectivity index (χ4v) is 1.55. The molecule has 1 rings (SSSR count). The van der Waals surface area contributed by atoms with Crippen LogP contribution in [0.1, 0.15) is 23.1 Å². The van der Waals surface area contributed by atoms with Crippen molar-refractivity contribution in [2.75, 3.05) is 0 Å². The largest absolute Gasteiger partial charge is 0.481 e. The van der Waals surface area contributed by atoms with Gasteiger partial charge in [-0.1, -0.05) is 17.7 Å². The Kier molecular flexibility index (Phi) is 3.70. The van der Waals surface area contributed by atoms with E-state index < -0.39 is 5.97 Å². The molecule has 4 heteroatoms. The summed E-state index contributed by atoms with van der Waals surface area (Å²) < 4.78 is 0. The monoisotopic (exact) mass is 223 g/mol. The molecule has 0 aliphatic carbocycles. The van der Waals surface area contributed by atoms with Crippen LogP contribution >= 0.6 is 11.6 Å². The van der Waals surface area contributed by atoms with Crippen LogP contribution in [-0.2, 0) is 11.2 Å². The zero-order chi connectivity index (χ0) is 11.4. The van der Waals surface area contributed by atoms with Crippen molar-refractivity contribution in [1.82, 2.24) is 0 Å². The first kappa shape index (κ1) is 11.5. The molecule has 0 atom stereocenters. The van der Waals surface area contributed by atoms with E-state index in [1.165, 1.54) is 0 Å². The van der Waals surface area contributed by atoms with E-state index in [1.54, 1.807) is 19.1 Å². The van der Waals surface area contributed by atoms with E-state index in [-0.39, 0.29) is 6.42 Å². The molecule has 0 saturated heterocycles. The summed E-state index contributed by atoms with van der Waals surface area (Å²) in [5.41, 5.74) is 2.12. The van der Waals surface area contributed by atoms with E-state index in [0.29, 0.717) is 17.0 Å². The Morgan fingerprint density at radius 1 is 1.60 bits per heavy atom. The standard InChI is InChI=1S/C11H10ClNO2/c1-7-4-8(2-3-11(14)15)10(12)5-9(7)6-13/h4-5H,2-3H2,1H3,(H,14,15). The molecule has 0 radical (unpaired) electrons. The number of halogens is 1. The fraction of sp³-hybridized carbons (Fsp3) is 0.273. The molecule has 15 heavy (non-hydrogen) atoms. The maximum absolute atomic E-state index is 10.4. The van der Waals surface area contributed by atoms with Crippen LogP contribution in [0.2, 0.25) is 5.02 Å². The van der Waals surface area contributed by atoms with Gasteiger partial charge in [0.2, 0.25) is 0 Å². The Labute approximate surface area is 92.9 Å². The average molecular weight is 224 g/mol. The van der Waals surface area contributed by atoms with Crippen molar-refractivity contribution < 1.29 is 9.90 Å². The number of carboxylic acids is 1. The summed E-state index contributed by atoms with van der Waals surface area (Å²) in [6.07, 6.45) is 0.436. The maximum atomic E-state index is 10.4. The Balaban J connectivity index is 2.96. The van der Waals surface area contributed by atoms with Gasteiger partial charge < -0.3 is 5.11 Å². The Bertz CT molecular complexity index is 435. The van der Waals surface area contributed by atoms with E-state index in [1.807, 2.05) is 6.07 Å². The minimum absolute atomic E-state index is 0.0467. The number of benzene rings is 1. The predicted molar refractivity (Wildman–Crippen MR) is 56.9 cm³/mol. The van der Waals surface area contributed by atoms with Gasteiger partial charge in [0.25, 0.3) is 0 Å². The van der Waals surface area contributed by atoms with Gasteiger partial charge >= 0.3 is 5.97 Å². The molecule has 0 aliphatic rings. The topological polar surface area (TPSA) is 61.1 Å². The first-order valence-electron chi connectivity index (χ1n) is 4.45. The molecule has 1 aromatic rings. The van der Waals surface area contributed by atoms with Crippen LogP contribution in [0, 0.1) is 18.3 Å². The van der Waals surface area contributed by atoms with Crippen molar-refractivity contribution in [2.45, 2.75) is 19.8 Å². The lowest BCUT2D eigenvalue weighted by Crippen LogP contribution is -1.99. The van der Waals surface area contributed by atoms with Crippen LogP contribution in [0.25, 0.3) is 0 Å². The molecule has 78 valence electrons. The highest BCUT2D eigenvalue weighted by molar-refractivity contribution is 6.31. The van der Waals surface area contributed by atoms with Crippen LogP contribution in [0.3, 0.4) is 0 Å². The smallest absolute Gasteiger partial charge is 0.303 e. The zero-order valence-electron chi connectivity index (χ0n) is 8.25. The number of hydrogen-bond acceptors (Lipinski definition) is 2. The van der Waals surface area contributed by atoms with Crippen molar-refractivity contribution in [1.29, 1.82) is 5.26 Å². The SMILES string of the molecule is Cc1cc(CCC(=O)O)c(Cl)cc1C#N. The van der Waals surface area contributed by atoms with E-state index in [0.717, 1.165) is 11.1 Å². The normalized spacial score (nSPS) is 9.67. The minimum atomic E-state index is -0.854. The summed E-state index contributed by atoms with van der Waals surface area (Å²) in [7, 11) is 0. The molecule has 0 aliphatic heterocycles. The van der Waals surface area contributed by atoms with Crippen LogP contribution < -0.4 is 0 Å². The molecule has 1 N–H and O–H groups in total. The number of carbonyl (C=O) groups is 1. The Morgan fingerprint density at radius 2 is 2.27 bits per heavy atom. The highest BCUT2D eigenvalue weighted by Crippen LogP contribution is 2.22. The summed E-state index contributed by atoms with van der Waals surface area (Å²) >= 11 is 5.92. The van der Waals surface area contributed by atoms with Crippen LogP contribution in [0.15, 0.2) is 12.1 Å². The molecule has 0 saturated carbocycles. The third-order valence-corrected chi connectivity index (χ3v) is 2.47. The van der Waals surface area contributed by atoms with Gasteiger partial charge in [0, 0.05) is 11.4 Å². The van der Waals surface area contributed by atoms with E-state index >= 15 is 0 Å². The predicted octanol–water partition coefficient (Wildman–Crippen LogP) is 2.54. The number of hydrogen-bond donors (Lipinski definition) is 1. The number of nitriles is 1. The highest BCUT2D eigenvalue weighted by atomic mass is 35.5. The maximum Gasteiger partial charge on any atom is 0.303 e. The van der Waals surface area contributed by atoms with Crippen molar-refractivity contribution in [3.63, 3.8) is 0 Å². The Hall–Kier alpha value is -1.53. The van der Waals surface area contributed by atoms with Crippen molar-refractivity contribution >= 4 is 17.6 Å². The molecular formula is C11H10ClNO2. The quantitative estimate of drug-likeness (QED) is 0.857. The second-order valence-electron chi connectivity index (χ2n) is 3.26. The van der Waals surface area contributed by atoms with Crippen LogP contribution in [-0.4, -0.2) is 11.1 Å². The van der Waals surface area contributed by atoms with Gasteiger partial charge in [-0.05, 0) is 30.5 Å². The van der Waals surface area contributed by atoms with Crippen molar-refractivity contribution in [3.05, 3.63) is 33.8 Å². The lowest BCUT2D eigenvalue weighted by Gasteiger charge is -2.05. The van der Waals surface area contributed by atoms with Gasteiger partial charge in [-0.15, -0.1) is 0 Å². The Morgan fingerprint density at radius 3 is 2.80 bits per heavy atom. The molecule has 3 nitrogen and oxygen atoms in total. The van der Waals surface area contributed by atoms with Crippen LogP contribution in [0.5, 0.6) is 0 Å². The number of rotatable bonds is 3. The van der Waals surface area contributed by atoms with E-state index in [9.17, 15) is 4.79 Å². The van der Waals surface area contributed by atoms with Gasteiger partial charge in [0.15, 0.2) is 0 Å². The number of aliphatic carboxylic acids is 1. The molecule has 0 heterocycles. The molecule has 0 bridgehead atoms. The second-order valence-corrected chi connectivity index (χ2v) is 3.67. The van der Waals surface area contributed by atoms with Gasteiger partial charge in [-0.25, -0.2) is 0 Å². The lowest BCUT2D eigenvalue weighted by atomic mass is 10.0. The minimum Gasteiger partial charge on any atom is -0.481 e. The third kappa shape index (κ3) is 2.97. The summed E-state index contributed by atoms with van der Waals surface area (Å²) in [6, 6.07) is 5.37. The van der Waals surface area contributed by atoms with E-state index in [4.69, 9.17) is 22.0 Å². The third-order valence-electron chi connectivity index (χ3n) is 2.12. The molecule has 0 fully saturated rings. The highest BCUT2D eigenvalue weighted by Gasteiger charge is 2.07. The van der Waals surface area contributed by atoms with Gasteiger partial charge in [0.1, 0.15) is 0 Å².